The van der Waals surface area contributed by atoms with Crippen molar-refractivity contribution in [2.75, 3.05) is 13.7 Å². The van der Waals surface area contributed by atoms with Gasteiger partial charge >= 0.3 is 0 Å². The minimum Gasteiger partial charge on any atom is -0.385 e. The average molecular weight is 213 g/mol. The van der Waals surface area contributed by atoms with E-state index in [1.165, 1.54) is 9.75 Å². The van der Waals surface area contributed by atoms with E-state index in [1.807, 2.05) is 11.3 Å². The van der Waals surface area contributed by atoms with Crippen molar-refractivity contribution in [1.82, 2.24) is 0 Å². The molecule has 0 spiro atoms. The zero-order valence-corrected chi connectivity index (χ0v) is 9.77. The van der Waals surface area contributed by atoms with E-state index in [1.54, 1.807) is 7.11 Å². The van der Waals surface area contributed by atoms with Gasteiger partial charge in [0.1, 0.15) is 0 Å². The van der Waals surface area contributed by atoms with Crippen LogP contribution in [0.5, 0.6) is 0 Å². The summed E-state index contributed by atoms with van der Waals surface area (Å²) >= 11 is 1.83. The van der Waals surface area contributed by atoms with E-state index in [0.717, 1.165) is 25.9 Å². The number of aryl methyl sites for hydroxylation is 1. The monoisotopic (exact) mass is 213 g/mol. The maximum atomic E-state index is 6.06. The molecule has 0 saturated carbocycles. The second-order valence-electron chi connectivity index (χ2n) is 3.40. The molecular formula is C11H19NOS. The molecule has 0 aromatic carbocycles. The molecule has 0 amide bonds. The van der Waals surface area contributed by atoms with Crippen LogP contribution in [0.15, 0.2) is 12.1 Å². The molecule has 2 nitrogen and oxygen atoms in total. The Hall–Kier alpha value is -0.380. The lowest BCUT2D eigenvalue weighted by atomic mass is 10.1. The summed E-state index contributed by atoms with van der Waals surface area (Å²) in [5.74, 6) is 0. The molecule has 1 unspecified atom stereocenters. The van der Waals surface area contributed by atoms with Gasteiger partial charge in [-0.25, -0.2) is 0 Å². The smallest absolute Gasteiger partial charge is 0.0462 e. The van der Waals surface area contributed by atoms with E-state index in [9.17, 15) is 0 Å². The fourth-order valence-electron chi connectivity index (χ4n) is 1.37. The normalized spacial score (nSPS) is 13.1. The highest BCUT2D eigenvalue weighted by Gasteiger charge is 2.07. The summed E-state index contributed by atoms with van der Waals surface area (Å²) in [4.78, 5) is 2.72. The van der Waals surface area contributed by atoms with Crippen molar-refractivity contribution >= 4 is 11.3 Å². The largest absolute Gasteiger partial charge is 0.385 e. The van der Waals surface area contributed by atoms with Crippen molar-refractivity contribution in [2.24, 2.45) is 5.73 Å². The van der Waals surface area contributed by atoms with Crippen LogP contribution in [0.4, 0.5) is 0 Å². The molecule has 1 rings (SSSR count). The van der Waals surface area contributed by atoms with Crippen LogP contribution in [0.2, 0.25) is 0 Å². The van der Waals surface area contributed by atoms with Crippen LogP contribution in [-0.4, -0.2) is 13.7 Å². The second-order valence-corrected chi connectivity index (χ2v) is 4.60. The molecule has 0 saturated heterocycles. The molecule has 1 aromatic heterocycles. The fraction of sp³-hybridized carbons (Fsp3) is 0.636. The minimum absolute atomic E-state index is 0.190. The first-order valence-electron chi connectivity index (χ1n) is 5.11. The summed E-state index contributed by atoms with van der Waals surface area (Å²) in [5, 5.41) is 0. The summed E-state index contributed by atoms with van der Waals surface area (Å²) < 4.78 is 5.00. The average Bonchev–Trinajstić information content (AvgIpc) is 2.66. The van der Waals surface area contributed by atoms with Crippen molar-refractivity contribution in [3.05, 3.63) is 21.9 Å². The van der Waals surface area contributed by atoms with E-state index in [2.05, 4.69) is 19.1 Å². The number of hydrogen-bond acceptors (Lipinski definition) is 3. The number of hydrogen-bond donors (Lipinski definition) is 1. The Morgan fingerprint density at radius 2 is 2.29 bits per heavy atom. The topological polar surface area (TPSA) is 35.2 Å². The van der Waals surface area contributed by atoms with Crippen molar-refractivity contribution in [3.63, 3.8) is 0 Å². The molecule has 2 N–H and O–H groups in total. The summed E-state index contributed by atoms with van der Waals surface area (Å²) in [6, 6.07) is 4.52. The third-order valence-corrected chi connectivity index (χ3v) is 3.62. The maximum absolute atomic E-state index is 6.06. The van der Waals surface area contributed by atoms with Gasteiger partial charge in [0, 0.05) is 29.5 Å². The van der Waals surface area contributed by atoms with Gasteiger partial charge in [0.25, 0.3) is 0 Å². The predicted molar refractivity (Wildman–Crippen MR) is 61.7 cm³/mol. The lowest BCUT2D eigenvalue weighted by Crippen LogP contribution is -2.09. The molecule has 1 heterocycles. The van der Waals surface area contributed by atoms with Crippen molar-refractivity contribution in [1.29, 1.82) is 0 Å². The van der Waals surface area contributed by atoms with Crippen molar-refractivity contribution in [3.8, 4) is 0 Å². The first-order chi connectivity index (χ1) is 6.77. The number of nitrogens with two attached hydrogens (primary N) is 1. The van der Waals surface area contributed by atoms with E-state index < -0.39 is 0 Å². The quantitative estimate of drug-likeness (QED) is 0.737. The van der Waals surface area contributed by atoms with E-state index in [-0.39, 0.29) is 6.04 Å². The summed E-state index contributed by atoms with van der Waals surface area (Å²) in [5.41, 5.74) is 6.06. The van der Waals surface area contributed by atoms with Gasteiger partial charge in [0.05, 0.1) is 0 Å². The molecule has 0 aliphatic rings. The first kappa shape index (κ1) is 11.7. The zero-order valence-electron chi connectivity index (χ0n) is 8.95. The van der Waals surface area contributed by atoms with Gasteiger partial charge in [0.15, 0.2) is 0 Å². The van der Waals surface area contributed by atoms with Gasteiger partial charge in [-0.3, -0.25) is 0 Å². The van der Waals surface area contributed by atoms with E-state index in [4.69, 9.17) is 10.5 Å². The van der Waals surface area contributed by atoms with Gasteiger partial charge < -0.3 is 10.5 Å². The molecule has 3 heteroatoms. The molecular weight excluding hydrogens is 194 g/mol. The van der Waals surface area contributed by atoms with Crippen LogP contribution < -0.4 is 5.73 Å². The standard InChI is InChI=1S/C11H19NOS/c1-3-9-6-7-11(14-9)10(12)5-4-8-13-2/h6-7,10H,3-5,8,12H2,1-2H3. The van der Waals surface area contributed by atoms with E-state index in [0.29, 0.717) is 0 Å². The van der Waals surface area contributed by atoms with Crippen LogP contribution in [-0.2, 0) is 11.2 Å². The number of ether oxygens (including phenoxy) is 1. The van der Waals surface area contributed by atoms with Crippen molar-refractivity contribution in [2.45, 2.75) is 32.2 Å². The Labute approximate surface area is 90.1 Å². The summed E-state index contributed by atoms with van der Waals surface area (Å²) in [6.07, 6.45) is 3.16. The minimum atomic E-state index is 0.190. The van der Waals surface area contributed by atoms with Crippen LogP contribution in [0.1, 0.15) is 35.6 Å². The molecule has 0 radical (unpaired) electrons. The number of rotatable bonds is 6. The molecule has 0 aliphatic heterocycles. The second kappa shape index (κ2) is 6.17. The first-order valence-corrected chi connectivity index (χ1v) is 5.92. The highest BCUT2D eigenvalue weighted by atomic mass is 32.1. The lowest BCUT2D eigenvalue weighted by Gasteiger charge is -2.08. The molecule has 0 bridgehead atoms. The Morgan fingerprint density at radius 3 is 2.86 bits per heavy atom. The third kappa shape index (κ3) is 3.40. The van der Waals surface area contributed by atoms with Gasteiger partial charge in [-0.15, -0.1) is 11.3 Å². The van der Waals surface area contributed by atoms with Gasteiger partial charge in [-0.1, -0.05) is 6.92 Å². The number of methoxy groups -OCH3 is 1. The van der Waals surface area contributed by atoms with Gasteiger partial charge in [-0.05, 0) is 31.4 Å². The molecule has 0 aliphatic carbocycles. The van der Waals surface area contributed by atoms with Crippen LogP contribution in [0.3, 0.4) is 0 Å². The van der Waals surface area contributed by atoms with Crippen molar-refractivity contribution < 1.29 is 4.74 Å². The van der Waals surface area contributed by atoms with Gasteiger partial charge in [0.2, 0.25) is 0 Å². The molecule has 1 aromatic rings. The SMILES string of the molecule is CCc1ccc(C(N)CCCOC)s1. The Morgan fingerprint density at radius 1 is 1.50 bits per heavy atom. The lowest BCUT2D eigenvalue weighted by molar-refractivity contribution is 0.190. The van der Waals surface area contributed by atoms with Crippen LogP contribution in [0, 0.1) is 0 Å². The van der Waals surface area contributed by atoms with Gasteiger partial charge in [-0.2, -0.15) is 0 Å². The Balaban J connectivity index is 2.39. The summed E-state index contributed by atoms with van der Waals surface area (Å²) in [7, 11) is 1.73. The maximum Gasteiger partial charge on any atom is 0.0462 e. The van der Waals surface area contributed by atoms with Crippen LogP contribution >= 0.6 is 11.3 Å². The molecule has 0 fully saturated rings. The molecule has 14 heavy (non-hydrogen) atoms. The molecule has 80 valence electrons. The predicted octanol–water partition coefficient (Wildman–Crippen LogP) is 2.74. The highest BCUT2D eigenvalue weighted by Crippen LogP contribution is 2.24. The third-order valence-electron chi connectivity index (χ3n) is 2.26. The zero-order chi connectivity index (χ0) is 10.4. The Kier molecular flexibility index (Phi) is 5.15. The van der Waals surface area contributed by atoms with E-state index >= 15 is 0 Å². The fourth-order valence-corrected chi connectivity index (χ4v) is 2.36. The highest BCUT2D eigenvalue weighted by molar-refractivity contribution is 7.12. The number of thiophene rings is 1. The molecule has 1 atom stereocenters. The summed E-state index contributed by atoms with van der Waals surface area (Å²) in [6.45, 7) is 2.98. The van der Waals surface area contributed by atoms with Crippen LogP contribution in [0.25, 0.3) is 0 Å². The Bertz CT molecular complexity index is 260.